The van der Waals surface area contributed by atoms with Gasteiger partial charge in [-0.05, 0) is 50.6 Å². The molecule has 0 saturated carbocycles. The van der Waals surface area contributed by atoms with Crippen molar-refractivity contribution in [2.24, 2.45) is 5.92 Å². The molecule has 0 aliphatic carbocycles. The molecule has 2 aromatic heterocycles. The molecule has 2 saturated heterocycles. The fraction of sp³-hybridized carbons (Fsp3) is 0.565. The van der Waals surface area contributed by atoms with Crippen molar-refractivity contribution in [2.75, 3.05) is 46.3 Å². The van der Waals surface area contributed by atoms with Gasteiger partial charge in [-0.3, -0.25) is 14.5 Å². The first kappa shape index (κ1) is 19.6. The summed E-state index contributed by atoms with van der Waals surface area (Å²) in [5.41, 5.74) is 2.50. The Morgan fingerprint density at radius 2 is 2.00 bits per heavy atom. The third-order valence-corrected chi connectivity index (χ3v) is 6.90. The van der Waals surface area contributed by atoms with Crippen LogP contribution in [-0.2, 0) is 13.1 Å². The van der Waals surface area contributed by atoms with Gasteiger partial charge < -0.3 is 18.8 Å². The lowest BCUT2D eigenvalue weighted by Crippen LogP contribution is -2.48. The molecule has 2 bridgehead atoms. The minimum absolute atomic E-state index is 0.104. The van der Waals surface area contributed by atoms with Gasteiger partial charge in [-0.1, -0.05) is 0 Å². The zero-order chi connectivity index (χ0) is 20.7. The smallest absolute Gasteiger partial charge is 0.263 e. The van der Waals surface area contributed by atoms with Gasteiger partial charge >= 0.3 is 0 Å². The average molecular weight is 411 g/mol. The minimum Gasteiger partial charge on any atom is -0.472 e. The molecule has 0 aromatic carbocycles. The highest BCUT2D eigenvalue weighted by Gasteiger charge is 2.35. The number of likely N-dealkylation sites (N-methyl/N-ethyl adjacent to an activating group) is 1. The Morgan fingerprint density at radius 3 is 2.83 bits per heavy atom. The lowest BCUT2D eigenvalue weighted by Gasteiger charge is -2.42. The molecule has 30 heavy (non-hydrogen) atoms. The molecule has 160 valence electrons. The predicted molar refractivity (Wildman–Crippen MR) is 114 cm³/mol. The van der Waals surface area contributed by atoms with Crippen LogP contribution in [0.3, 0.4) is 0 Å². The van der Waals surface area contributed by atoms with Gasteiger partial charge in [-0.25, -0.2) is 0 Å². The molecule has 5 heterocycles. The molecule has 7 heteroatoms. The molecule has 2 atom stereocenters. The van der Waals surface area contributed by atoms with E-state index in [1.54, 1.807) is 18.6 Å². The monoisotopic (exact) mass is 410 g/mol. The van der Waals surface area contributed by atoms with E-state index < -0.39 is 0 Å². The Morgan fingerprint density at radius 1 is 1.10 bits per heavy atom. The average Bonchev–Trinajstić information content (AvgIpc) is 3.14. The van der Waals surface area contributed by atoms with Crippen LogP contribution in [-0.4, -0.2) is 71.5 Å². The molecule has 3 aliphatic heterocycles. The van der Waals surface area contributed by atoms with Crippen LogP contribution in [0.25, 0.3) is 0 Å². The van der Waals surface area contributed by atoms with Crippen molar-refractivity contribution in [3.8, 4) is 0 Å². The summed E-state index contributed by atoms with van der Waals surface area (Å²) in [5.74, 6) is 0.675. The Kier molecular flexibility index (Phi) is 5.25. The van der Waals surface area contributed by atoms with Crippen LogP contribution in [0.1, 0.15) is 40.4 Å². The molecule has 7 nitrogen and oxygen atoms in total. The number of aromatic nitrogens is 1. The van der Waals surface area contributed by atoms with Crippen molar-refractivity contribution in [3.05, 3.63) is 57.9 Å². The second-order valence-corrected chi connectivity index (χ2v) is 9.16. The second kappa shape index (κ2) is 8.04. The molecule has 5 rings (SSSR count). The molecule has 0 spiro atoms. The minimum atomic E-state index is -0.108. The fourth-order valence-corrected chi connectivity index (χ4v) is 5.40. The maximum Gasteiger partial charge on any atom is 0.263 e. The predicted octanol–water partition coefficient (Wildman–Crippen LogP) is 1.84. The molecular weight excluding hydrogens is 380 g/mol. The van der Waals surface area contributed by atoms with E-state index in [9.17, 15) is 9.59 Å². The second-order valence-electron chi connectivity index (χ2n) is 9.16. The molecule has 0 unspecified atom stereocenters. The number of furan rings is 1. The van der Waals surface area contributed by atoms with Crippen molar-refractivity contribution < 1.29 is 9.21 Å². The summed E-state index contributed by atoms with van der Waals surface area (Å²) in [6.07, 6.45) is 5.59. The van der Waals surface area contributed by atoms with Gasteiger partial charge in [0.15, 0.2) is 0 Å². The number of carbonyl (C=O) groups excluding carboxylic acids is 1. The fourth-order valence-electron chi connectivity index (χ4n) is 5.40. The van der Waals surface area contributed by atoms with Crippen molar-refractivity contribution >= 4 is 5.91 Å². The Balaban J connectivity index is 1.37. The Hall–Kier alpha value is -2.38. The van der Waals surface area contributed by atoms with Crippen molar-refractivity contribution in [1.82, 2.24) is 19.3 Å². The van der Waals surface area contributed by atoms with E-state index in [4.69, 9.17) is 4.42 Å². The maximum absolute atomic E-state index is 13.3. The molecule has 0 radical (unpaired) electrons. The molecular formula is C23H30N4O3. The summed E-state index contributed by atoms with van der Waals surface area (Å²) in [5, 5.41) is 0. The summed E-state index contributed by atoms with van der Waals surface area (Å²) >= 11 is 0. The van der Waals surface area contributed by atoms with E-state index in [1.807, 2.05) is 21.6 Å². The number of hydrogen-bond donors (Lipinski definition) is 0. The molecule has 3 aliphatic rings. The highest BCUT2D eigenvalue weighted by molar-refractivity contribution is 5.94. The first-order valence-electron chi connectivity index (χ1n) is 11.0. The quantitative estimate of drug-likeness (QED) is 0.773. The summed E-state index contributed by atoms with van der Waals surface area (Å²) < 4.78 is 7.10. The number of amides is 1. The van der Waals surface area contributed by atoms with E-state index in [1.165, 1.54) is 5.56 Å². The zero-order valence-electron chi connectivity index (χ0n) is 17.6. The standard InChI is InChI=1S/C23H30N4O3/c1-24-6-2-7-26(9-8-24)22(28)20-3-4-21-19-11-18(14-27(21)23(20)29)13-25(15-19)12-17-5-10-30-16-17/h3-5,10,16,18-19H,2,6-9,11-15H2,1H3/t18-,19+/m0/s1. The maximum atomic E-state index is 13.3. The lowest BCUT2D eigenvalue weighted by atomic mass is 9.83. The highest BCUT2D eigenvalue weighted by atomic mass is 16.3. The molecule has 2 fully saturated rings. The Labute approximate surface area is 176 Å². The summed E-state index contributed by atoms with van der Waals surface area (Å²) in [7, 11) is 2.08. The van der Waals surface area contributed by atoms with Crippen LogP contribution in [0.5, 0.6) is 0 Å². The number of piperidine rings is 1. The molecule has 2 aromatic rings. The van der Waals surface area contributed by atoms with E-state index >= 15 is 0 Å². The number of fused-ring (bicyclic) bond motifs is 4. The number of rotatable bonds is 3. The van der Waals surface area contributed by atoms with Crippen LogP contribution in [0.15, 0.2) is 39.9 Å². The van der Waals surface area contributed by atoms with Crippen molar-refractivity contribution in [3.63, 3.8) is 0 Å². The summed E-state index contributed by atoms with van der Waals surface area (Å²) in [6, 6.07) is 5.82. The number of pyridine rings is 1. The molecule has 0 N–H and O–H groups in total. The van der Waals surface area contributed by atoms with Gasteiger partial charge in [0.1, 0.15) is 5.56 Å². The van der Waals surface area contributed by atoms with Gasteiger partial charge in [0, 0.05) is 63.0 Å². The van der Waals surface area contributed by atoms with Gasteiger partial charge in [0.2, 0.25) is 0 Å². The van der Waals surface area contributed by atoms with Gasteiger partial charge in [-0.2, -0.15) is 0 Å². The van der Waals surface area contributed by atoms with Crippen LogP contribution in [0, 0.1) is 5.92 Å². The van der Waals surface area contributed by atoms with Crippen LogP contribution < -0.4 is 5.56 Å². The normalized spacial score (nSPS) is 25.0. The topological polar surface area (TPSA) is 61.9 Å². The summed E-state index contributed by atoms with van der Waals surface area (Å²) in [4.78, 5) is 33.0. The number of carbonyl (C=O) groups is 1. The number of nitrogens with zero attached hydrogens (tertiary/aromatic N) is 4. The van der Waals surface area contributed by atoms with Crippen LogP contribution in [0.4, 0.5) is 0 Å². The third kappa shape index (κ3) is 3.72. The largest absolute Gasteiger partial charge is 0.472 e. The molecule has 1 amide bonds. The lowest BCUT2D eigenvalue weighted by molar-refractivity contribution is 0.0757. The van der Waals surface area contributed by atoms with Gasteiger partial charge in [0.25, 0.3) is 11.5 Å². The van der Waals surface area contributed by atoms with Crippen molar-refractivity contribution in [1.29, 1.82) is 0 Å². The first-order chi connectivity index (χ1) is 14.6. The summed E-state index contributed by atoms with van der Waals surface area (Å²) in [6.45, 7) is 6.75. The van der Waals surface area contributed by atoms with Crippen LogP contribution >= 0.6 is 0 Å². The van der Waals surface area contributed by atoms with Crippen molar-refractivity contribution in [2.45, 2.75) is 31.8 Å². The van der Waals surface area contributed by atoms with E-state index in [-0.39, 0.29) is 11.5 Å². The highest BCUT2D eigenvalue weighted by Crippen LogP contribution is 2.35. The Bertz CT molecular complexity index is 967. The number of hydrogen-bond acceptors (Lipinski definition) is 5. The van der Waals surface area contributed by atoms with E-state index in [0.29, 0.717) is 30.5 Å². The van der Waals surface area contributed by atoms with E-state index in [0.717, 1.165) is 57.8 Å². The first-order valence-corrected chi connectivity index (χ1v) is 11.0. The van der Waals surface area contributed by atoms with Crippen LogP contribution in [0.2, 0.25) is 0 Å². The van der Waals surface area contributed by atoms with Gasteiger partial charge in [-0.15, -0.1) is 0 Å². The van der Waals surface area contributed by atoms with E-state index in [2.05, 4.69) is 16.8 Å². The number of likely N-dealkylation sites (tertiary alicyclic amines) is 1. The zero-order valence-corrected chi connectivity index (χ0v) is 17.6. The SMILES string of the molecule is CN1CCCN(C(=O)c2ccc3n(c2=O)C[C@H]2C[C@@H]3CN(Cc3ccoc3)C2)CC1. The van der Waals surface area contributed by atoms with Gasteiger partial charge in [0.05, 0.1) is 12.5 Å². The third-order valence-electron chi connectivity index (χ3n) is 6.90.